The summed E-state index contributed by atoms with van der Waals surface area (Å²) in [6.45, 7) is 2.52. The van der Waals surface area contributed by atoms with E-state index in [0.717, 1.165) is 6.42 Å². The van der Waals surface area contributed by atoms with Gasteiger partial charge in [-0.05, 0) is 50.0 Å². The molecule has 100 valence electrons. The first-order chi connectivity index (χ1) is 8.79. The van der Waals surface area contributed by atoms with E-state index in [2.05, 4.69) is 30.3 Å². The van der Waals surface area contributed by atoms with Gasteiger partial charge in [0.2, 0.25) is 0 Å². The lowest BCUT2D eigenvalue weighted by molar-refractivity contribution is -0.109. The van der Waals surface area contributed by atoms with Gasteiger partial charge in [-0.15, -0.1) is 0 Å². The highest BCUT2D eigenvalue weighted by Crippen LogP contribution is 2.37. The molecule has 0 saturated heterocycles. The summed E-state index contributed by atoms with van der Waals surface area (Å²) in [5, 5.41) is 9.66. The number of rotatable bonds is 5. The fraction of sp³-hybridized carbons (Fsp3) is 0.625. The molecular weight excluding hydrogens is 224 g/mol. The van der Waals surface area contributed by atoms with E-state index in [0.29, 0.717) is 18.4 Å². The molecule has 2 heteroatoms. The van der Waals surface area contributed by atoms with Crippen molar-refractivity contribution in [1.82, 2.24) is 0 Å². The minimum atomic E-state index is -0.562. The van der Waals surface area contributed by atoms with Crippen molar-refractivity contribution in [3.63, 3.8) is 0 Å². The van der Waals surface area contributed by atoms with Crippen molar-refractivity contribution in [2.75, 3.05) is 6.61 Å². The third-order valence-corrected chi connectivity index (χ3v) is 4.01. The van der Waals surface area contributed by atoms with Crippen LogP contribution in [0.1, 0.15) is 50.5 Å². The summed E-state index contributed by atoms with van der Waals surface area (Å²) in [4.78, 5) is 0. The molecule has 0 aliphatic heterocycles. The van der Waals surface area contributed by atoms with E-state index in [-0.39, 0.29) is 0 Å². The summed E-state index contributed by atoms with van der Waals surface area (Å²) in [7, 11) is 0. The molecule has 2 rings (SSSR count). The zero-order valence-corrected chi connectivity index (χ0v) is 11.2. The Morgan fingerprint density at radius 3 is 2.44 bits per heavy atom. The summed E-state index contributed by atoms with van der Waals surface area (Å²) in [5.41, 5.74) is 1.47. The Hall–Kier alpha value is -0.860. The maximum Gasteiger partial charge on any atom is 0.154 e. The van der Waals surface area contributed by atoms with Gasteiger partial charge in [-0.1, -0.05) is 30.3 Å². The average Bonchev–Trinajstić information content (AvgIpc) is 2.41. The minimum absolute atomic E-state index is 0.562. The molecule has 1 aliphatic rings. The van der Waals surface area contributed by atoms with Crippen LogP contribution < -0.4 is 0 Å². The zero-order chi connectivity index (χ0) is 12.8. The van der Waals surface area contributed by atoms with Crippen molar-refractivity contribution in [2.45, 2.75) is 51.2 Å². The summed E-state index contributed by atoms with van der Waals surface area (Å²) in [6.07, 6.45) is 5.15. The standard InChI is InChI=1S/C16H24O2/c1-2-18-16(17)12-13-8-10-15(11-9-13)14-6-4-3-5-7-14/h3-7,13,15-17H,2,8-12H2,1H3. The number of aliphatic hydroxyl groups is 1. The lowest BCUT2D eigenvalue weighted by Gasteiger charge is -2.29. The molecular formula is C16H24O2. The third kappa shape index (κ3) is 3.82. The molecule has 0 aromatic heterocycles. The van der Waals surface area contributed by atoms with Gasteiger partial charge in [0.15, 0.2) is 6.29 Å². The van der Waals surface area contributed by atoms with Crippen LogP contribution in [0.2, 0.25) is 0 Å². The fourth-order valence-electron chi connectivity index (χ4n) is 3.00. The molecule has 1 N–H and O–H groups in total. The van der Waals surface area contributed by atoms with Gasteiger partial charge < -0.3 is 9.84 Å². The molecule has 2 nitrogen and oxygen atoms in total. The van der Waals surface area contributed by atoms with Gasteiger partial charge in [0.25, 0.3) is 0 Å². The highest BCUT2D eigenvalue weighted by Gasteiger charge is 2.24. The predicted molar refractivity (Wildman–Crippen MR) is 73.4 cm³/mol. The van der Waals surface area contributed by atoms with E-state index in [9.17, 15) is 5.11 Å². The molecule has 1 saturated carbocycles. The maximum absolute atomic E-state index is 9.66. The maximum atomic E-state index is 9.66. The zero-order valence-electron chi connectivity index (χ0n) is 11.2. The lowest BCUT2D eigenvalue weighted by atomic mass is 9.77. The number of hydrogen-bond donors (Lipinski definition) is 1. The Labute approximate surface area is 110 Å². The van der Waals surface area contributed by atoms with Crippen LogP contribution in [0.15, 0.2) is 30.3 Å². The first-order valence-corrected chi connectivity index (χ1v) is 7.14. The molecule has 1 atom stereocenters. The lowest BCUT2D eigenvalue weighted by Crippen LogP contribution is -2.21. The van der Waals surface area contributed by atoms with E-state index in [4.69, 9.17) is 4.74 Å². The fourth-order valence-corrected chi connectivity index (χ4v) is 3.00. The quantitative estimate of drug-likeness (QED) is 0.805. The van der Waals surface area contributed by atoms with Crippen LogP contribution in [0.5, 0.6) is 0 Å². The van der Waals surface area contributed by atoms with E-state index in [1.165, 1.54) is 31.2 Å². The van der Waals surface area contributed by atoms with E-state index in [1.54, 1.807) is 0 Å². The van der Waals surface area contributed by atoms with Crippen LogP contribution in [0.25, 0.3) is 0 Å². The number of ether oxygens (including phenoxy) is 1. The Kier molecular flexibility index (Phi) is 5.21. The van der Waals surface area contributed by atoms with Gasteiger partial charge in [-0.3, -0.25) is 0 Å². The third-order valence-electron chi connectivity index (χ3n) is 4.01. The van der Waals surface area contributed by atoms with E-state index in [1.807, 2.05) is 6.92 Å². The Morgan fingerprint density at radius 2 is 1.83 bits per heavy atom. The molecule has 0 radical (unpaired) electrons. The smallest absolute Gasteiger partial charge is 0.154 e. The van der Waals surface area contributed by atoms with Gasteiger partial charge in [0.05, 0.1) is 0 Å². The van der Waals surface area contributed by atoms with Crippen LogP contribution in [-0.4, -0.2) is 18.0 Å². The highest BCUT2D eigenvalue weighted by atomic mass is 16.6. The van der Waals surface area contributed by atoms with E-state index >= 15 is 0 Å². The molecule has 1 unspecified atom stereocenters. The van der Waals surface area contributed by atoms with Crippen LogP contribution in [0, 0.1) is 5.92 Å². The summed E-state index contributed by atoms with van der Waals surface area (Å²) in [6, 6.07) is 10.8. The topological polar surface area (TPSA) is 29.5 Å². The Morgan fingerprint density at radius 1 is 1.17 bits per heavy atom. The van der Waals surface area contributed by atoms with Crippen molar-refractivity contribution in [3.8, 4) is 0 Å². The predicted octanol–water partition coefficient (Wildman–Crippen LogP) is 3.71. The summed E-state index contributed by atoms with van der Waals surface area (Å²) >= 11 is 0. The van der Waals surface area contributed by atoms with Gasteiger partial charge in [0.1, 0.15) is 0 Å². The second-order valence-electron chi connectivity index (χ2n) is 5.27. The largest absolute Gasteiger partial charge is 0.368 e. The first kappa shape index (κ1) is 13.6. The van der Waals surface area contributed by atoms with Crippen LogP contribution in [0.4, 0.5) is 0 Å². The Bertz CT molecular complexity index is 328. The van der Waals surface area contributed by atoms with Crippen molar-refractivity contribution in [2.24, 2.45) is 5.92 Å². The molecule has 0 spiro atoms. The monoisotopic (exact) mass is 248 g/mol. The second kappa shape index (κ2) is 6.91. The number of aliphatic hydroxyl groups excluding tert-OH is 1. The van der Waals surface area contributed by atoms with Crippen molar-refractivity contribution >= 4 is 0 Å². The van der Waals surface area contributed by atoms with Crippen LogP contribution in [0.3, 0.4) is 0 Å². The molecule has 18 heavy (non-hydrogen) atoms. The van der Waals surface area contributed by atoms with Gasteiger partial charge in [0, 0.05) is 13.0 Å². The summed E-state index contributed by atoms with van der Waals surface area (Å²) in [5.74, 6) is 1.35. The van der Waals surface area contributed by atoms with Gasteiger partial charge in [-0.2, -0.15) is 0 Å². The van der Waals surface area contributed by atoms with Gasteiger partial charge >= 0.3 is 0 Å². The molecule has 1 aromatic carbocycles. The molecule has 1 aromatic rings. The second-order valence-corrected chi connectivity index (χ2v) is 5.27. The molecule has 1 aliphatic carbocycles. The number of hydrogen-bond acceptors (Lipinski definition) is 2. The SMILES string of the molecule is CCOC(O)CC1CCC(c2ccccc2)CC1. The van der Waals surface area contributed by atoms with Crippen molar-refractivity contribution in [3.05, 3.63) is 35.9 Å². The minimum Gasteiger partial charge on any atom is -0.368 e. The van der Waals surface area contributed by atoms with Gasteiger partial charge in [-0.25, -0.2) is 0 Å². The van der Waals surface area contributed by atoms with E-state index < -0.39 is 6.29 Å². The van der Waals surface area contributed by atoms with Crippen molar-refractivity contribution in [1.29, 1.82) is 0 Å². The Balaban J connectivity index is 1.78. The number of benzene rings is 1. The molecule has 0 amide bonds. The van der Waals surface area contributed by atoms with Crippen LogP contribution in [-0.2, 0) is 4.74 Å². The molecule has 0 heterocycles. The van der Waals surface area contributed by atoms with Crippen molar-refractivity contribution < 1.29 is 9.84 Å². The summed E-state index contributed by atoms with van der Waals surface area (Å²) < 4.78 is 5.21. The molecule has 0 bridgehead atoms. The average molecular weight is 248 g/mol. The molecule has 1 fully saturated rings. The first-order valence-electron chi connectivity index (χ1n) is 7.14. The highest BCUT2D eigenvalue weighted by molar-refractivity contribution is 5.19. The van der Waals surface area contributed by atoms with Crippen LogP contribution >= 0.6 is 0 Å². The normalized spacial score (nSPS) is 25.9.